The SMILES string of the molecule is CC/C=C\C/C=C\C/C=C\C/C=C\C/C=C\C/C=C\C/C=C\C/C=C\CCCCCCCCCCCCCCC(=O)NC(CO)C(O)CCCCCCCCCCCCCCCCCCCCCC. The Morgan fingerprint density at radius 1 is 0.362 bits per heavy atom. The predicted molar refractivity (Wildman–Crippen MR) is 308 cm³/mol. The average molecular weight is 959 g/mol. The molecule has 0 heterocycles. The summed E-state index contributed by atoms with van der Waals surface area (Å²) in [5, 5.41) is 23.4. The number of nitrogens with one attached hydrogen (secondary N) is 1. The van der Waals surface area contributed by atoms with Crippen molar-refractivity contribution in [3.8, 4) is 0 Å². The summed E-state index contributed by atoms with van der Waals surface area (Å²) in [6, 6.07) is -0.543. The molecule has 1 amide bonds. The zero-order valence-corrected chi connectivity index (χ0v) is 45.8. The van der Waals surface area contributed by atoms with Gasteiger partial charge in [0.2, 0.25) is 5.91 Å². The monoisotopic (exact) mass is 958 g/mol. The van der Waals surface area contributed by atoms with Crippen molar-refractivity contribution >= 4 is 5.91 Å². The van der Waals surface area contributed by atoms with Crippen molar-refractivity contribution in [3.63, 3.8) is 0 Å². The highest BCUT2D eigenvalue weighted by Gasteiger charge is 2.20. The third-order valence-corrected chi connectivity index (χ3v) is 13.4. The molecule has 4 nitrogen and oxygen atoms in total. The third kappa shape index (κ3) is 56.1. The van der Waals surface area contributed by atoms with Gasteiger partial charge in [0.15, 0.2) is 0 Å². The molecule has 0 aliphatic rings. The summed E-state index contributed by atoms with van der Waals surface area (Å²) < 4.78 is 0. The molecule has 3 N–H and O–H groups in total. The summed E-state index contributed by atoms with van der Waals surface area (Å²) in [6.07, 6.45) is 88.3. The largest absolute Gasteiger partial charge is 0.394 e. The van der Waals surface area contributed by atoms with Gasteiger partial charge in [-0.3, -0.25) is 4.79 Å². The zero-order valence-electron chi connectivity index (χ0n) is 45.8. The second kappa shape index (κ2) is 59.6. The molecule has 0 spiro atoms. The molecule has 0 radical (unpaired) electrons. The van der Waals surface area contributed by atoms with Gasteiger partial charge in [0.1, 0.15) is 0 Å². The molecule has 4 heteroatoms. The Morgan fingerprint density at radius 3 is 0.957 bits per heavy atom. The van der Waals surface area contributed by atoms with E-state index < -0.39 is 12.1 Å². The van der Waals surface area contributed by atoms with E-state index in [1.165, 1.54) is 186 Å². The van der Waals surface area contributed by atoms with Crippen molar-refractivity contribution in [2.24, 2.45) is 0 Å². The summed E-state index contributed by atoms with van der Waals surface area (Å²) in [4.78, 5) is 12.5. The molecule has 0 fully saturated rings. The number of rotatable bonds is 54. The molecule has 0 rings (SSSR count). The van der Waals surface area contributed by atoms with Crippen LogP contribution >= 0.6 is 0 Å². The van der Waals surface area contributed by atoms with E-state index in [1.807, 2.05) is 0 Å². The summed E-state index contributed by atoms with van der Waals surface area (Å²) in [6.45, 7) is 4.26. The molecule has 0 bridgehead atoms. The van der Waals surface area contributed by atoms with E-state index in [0.29, 0.717) is 12.8 Å². The Labute approximate surface area is 430 Å². The van der Waals surface area contributed by atoms with Gasteiger partial charge in [-0.15, -0.1) is 0 Å². The van der Waals surface area contributed by atoms with Gasteiger partial charge in [0.05, 0.1) is 18.8 Å². The Balaban J connectivity index is 3.52. The van der Waals surface area contributed by atoms with Crippen LogP contribution in [0.15, 0.2) is 97.2 Å². The first-order valence-electron chi connectivity index (χ1n) is 29.9. The van der Waals surface area contributed by atoms with Crippen LogP contribution in [0.5, 0.6) is 0 Å². The van der Waals surface area contributed by atoms with Gasteiger partial charge < -0.3 is 15.5 Å². The first-order chi connectivity index (χ1) is 34.2. The van der Waals surface area contributed by atoms with Gasteiger partial charge in [0, 0.05) is 6.42 Å². The standard InChI is InChI=1S/C65H115NO3/c1-3-5-7-9-11-13-15-17-19-21-23-25-26-27-28-29-30-31-32-33-34-35-36-37-38-39-40-41-43-45-47-49-51-53-55-57-59-61-65(69)66-63(62-67)64(68)60-58-56-54-52-50-48-46-44-42-24-22-20-18-16-14-12-10-8-6-4-2/h5,7,11,13,17,19,23,25,27-28,30-31,33-34,36-37,63-64,67-68H,3-4,6,8-10,12,14-16,18,20-22,24,26,29,32,35,38-62H2,1-2H3,(H,66,69)/b7-5-,13-11-,19-17-,25-23-,28-27-,31-30-,34-33-,37-36-. The lowest BCUT2D eigenvalue weighted by molar-refractivity contribution is -0.123. The average Bonchev–Trinajstić information content (AvgIpc) is 3.35. The van der Waals surface area contributed by atoms with Crippen LogP contribution in [-0.2, 0) is 4.79 Å². The summed E-state index contributed by atoms with van der Waals surface area (Å²) in [5.41, 5.74) is 0. The molecule has 2 unspecified atom stereocenters. The van der Waals surface area contributed by atoms with E-state index >= 15 is 0 Å². The lowest BCUT2D eigenvalue weighted by Crippen LogP contribution is -2.45. The lowest BCUT2D eigenvalue weighted by atomic mass is 10.0. The molecular weight excluding hydrogens is 843 g/mol. The van der Waals surface area contributed by atoms with E-state index in [9.17, 15) is 15.0 Å². The van der Waals surface area contributed by atoms with Crippen molar-refractivity contribution in [1.29, 1.82) is 0 Å². The van der Waals surface area contributed by atoms with Crippen molar-refractivity contribution < 1.29 is 15.0 Å². The number of carbonyl (C=O) groups excluding carboxylic acids is 1. The fourth-order valence-corrected chi connectivity index (χ4v) is 8.85. The van der Waals surface area contributed by atoms with Crippen molar-refractivity contribution in [2.75, 3.05) is 6.61 Å². The van der Waals surface area contributed by atoms with Crippen LogP contribution in [0.1, 0.15) is 290 Å². The highest BCUT2D eigenvalue weighted by atomic mass is 16.3. The highest BCUT2D eigenvalue weighted by molar-refractivity contribution is 5.76. The van der Waals surface area contributed by atoms with Crippen LogP contribution in [0.2, 0.25) is 0 Å². The van der Waals surface area contributed by atoms with Gasteiger partial charge >= 0.3 is 0 Å². The summed E-state index contributed by atoms with van der Waals surface area (Å²) in [7, 11) is 0. The minimum atomic E-state index is -0.666. The number of hydrogen-bond acceptors (Lipinski definition) is 3. The van der Waals surface area contributed by atoms with Crippen LogP contribution in [0.3, 0.4) is 0 Å². The molecule has 0 aromatic carbocycles. The predicted octanol–water partition coefficient (Wildman–Crippen LogP) is 20.1. The van der Waals surface area contributed by atoms with E-state index in [2.05, 4.69) is 116 Å². The lowest BCUT2D eigenvalue weighted by Gasteiger charge is -2.22. The van der Waals surface area contributed by atoms with E-state index in [4.69, 9.17) is 0 Å². The number of unbranched alkanes of at least 4 members (excludes halogenated alkanes) is 31. The van der Waals surface area contributed by atoms with E-state index in [1.54, 1.807) is 0 Å². The van der Waals surface area contributed by atoms with Crippen LogP contribution in [-0.4, -0.2) is 34.9 Å². The number of allylic oxidation sites excluding steroid dienone is 16. The minimum Gasteiger partial charge on any atom is -0.394 e. The molecule has 0 aromatic rings. The maximum atomic E-state index is 12.5. The second-order valence-corrected chi connectivity index (χ2v) is 20.0. The number of carbonyl (C=O) groups is 1. The van der Waals surface area contributed by atoms with E-state index in [-0.39, 0.29) is 12.5 Å². The molecule has 398 valence electrons. The third-order valence-electron chi connectivity index (χ3n) is 13.4. The highest BCUT2D eigenvalue weighted by Crippen LogP contribution is 2.17. The first-order valence-corrected chi connectivity index (χ1v) is 29.9. The molecule has 0 saturated heterocycles. The van der Waals surface area contributed by atoms with Crippen molar-refractivity contribution in [2.45, 2.75) is 302 Å². The van der Waals surface area contributed by atoms with Gasteiger partial charge in [0.25, 0.3) is 0 Å². The van der Waals surface area contributed by atoms with Crippen molar-refractivity contribution in [1.82, 2.24) is 5.32 Å². The fourth-order valence-electron chi connectivity index (χ4n) is 8.85. The van der Waals surface area contributed by atoms with Crippen LogP contribution in [0.4, 0.5) is 0 Å². The smallest absolute Gasteiger partial charge is 0.220 e. The maximum Gasteiger partial charge on any atom is 0.220 e. The second-order valence-electron chi connectivity index (χ2n) is 20.0. The molecule has 0 aromatic heterocycles. The fraction of sp³-hybridized carbons (Fsp3) is 0.738. The van der Waals surface area contributed by atoms with Crippen LogP contribution < -0.4 is 5.32 Å². The van der Waals surface area contributed by atoms with Crippen molar-refractivity contribution in [3.05, 3.63) is 97.2 Å². The van der Waals surface area contributed by atoms with Gasteiger partial charge in [-0.1, -0.05) is 304 Å². The minimum absolute atomic E-state index is 0.0341. The Kier molecular flexibility index (Phi) is 57.3. The van der Waals surface area contributed by atoms with Gasteiger partial charge in [-0.05, 0) is 77.0 Å². The zero-order chi connectivity index (χ0) is 49.9. The Hall–Kier alpha value is -2.69. The molecule has 69 heavy (non-hydrogen) atoms. The quantitative estimate of drug-likeness (QED) is 0.0420. The molecular formula is C65H115NO3. The number of aliphatic hydroxyl groups excluding tert-OH is 2. The first kappa shape index (κ1) is 66.3. The van der Waals surface area contributed by atoms with Gasteiger partial charge in [-0.2, -0.15) is 0 Å². The van der Waals surface area contributed by atoms with Gasteiger partial charge in [-0.25, -0.2) is 0 Å². The van der Waals surface area contributed by atoms with E-state index in [0.717, 1.165) is 77.0 Å². The normalized spacial score (nSPS) is 13.5. The molecule has 0 saturated carbocycles. The summed E-state index contributed by atoms with van der Waals surface area (Å²) >= 11 is 0. The maximum absolute atomic E-state index is 12.5. The number of amides is 1. The van der Waals surface area contributed by atoms with Crippen LogP contribution in [0, 0.1) is 0 Å². The molecule has 0 aliphatic carbocycles. The molecule has 0 aliphatic heterocycles. The Morgan fingerprint density at radius 2 is 0.638 bits per heavy atom. The summed E-state index contributed by atoms with van der Waals surface area (Å²) in [5.74, 6) is -0.0341. The number of hydrogen-bond donors (Lipinski definition) is 3. The van der Waals surface area contributed by atoms with Crippen LogP contribution in [0.25, 0.3) is 0 Å². The number of aliphatic hydroxyl groups is 2. The Bertz CT molecular complexity index is 1270. The molecule has 2 atom stereocenters. The topological polar surface area (TPSA) is 69.6 Å².